The second kappa shape index (κ2) is 5.31. The average Bonchev–Trinajstić information content (AvgIpc) is 2.87. The van der Waals surface area contributed by atoms with E-state index in [1.807, 2.05) is 13.0 Å². The van der Waals surface area contributed by atoms with E-state index in [2.05, 4.69) is 36.1 Å². The molecule has 4 heteroatoms. The van der Waals surface area contributed by atoms with Gasteiger partial charge in [0.1, 0.15) is 0 Å². The van der Waals surface area contributed by atoms with Gasteiger partial charge in [-0.25, -0.2) is 0 Å². The third kappa shape index (κ3) is 2.43. The van der Waals surface area contributed by atoms with Crippen LogP contribution in [0.2, 0.25) is 0 Å². The van der Waals surface area contributed by atoms with Crippen LogP contribution >= 0.6 is 0 Å². The summed E-state index contributed by atoms with van der Waals surface area (Å²) in [5.74, 6) is 1.12. The first-order valence-electron chi connectivity index (χ1n) is 6.34. The van der Waals surface area contributed by atoms with Gasteiger partial charge in [0.05, 0.1) is 6.04 Å². The molecule has 0 bridgehead atoms. The minimum atomic E-state index is -0.178. The van der Waals surface area contributed by atoms with Gasteiger partial charge in [0.2, 0.25) is 11.7 Å². The Morgan fingerprint density at radius 2 is 2.11 bits per heavy atom. The van der Waals surface area contributed by atoms with Crippen LogP contribution in [0.1, 0.15) is 43.3 Å². The third-order valence-electron chi connectivity index (χ3n) is 3.18. The minimum Gasteiger partial charge on any atom is -0.337 e. The highest BCUT2D eigenvalue weighted by Crippen LogP contribution is 2.22. The number of benzene rings is 1. The number of rotatable bonds is 4. The Morgan fingerprint density at radius 3 is 2.72 bits per heavy atom. The van der Waals surface area contributed by atoms with Crippen LogP contribution in [0.3, 0.4) is 0 Å². The fourth-order valence-corrected chi connectivity index (χ4v) is 1.91. The SMILES string of the molecule is CCc1ccc(-c2noc([C@@H](N)CC)n2)cc1C. The lowest BCUT2D eigenvalue weighted by Crippen LogP contribution is -2.08. The molecular weight excluding hydrogens is 226 g/mol. The van der Waals surface area contributed by atoms with Gasteiger partial charge in [0, 0.05) is 5.56 Å². The Bertz CT molecular complexity index is 534. The summed E-state index contributed by atoms with van der Waals surface area (Å²) in [6, 6.07) is 6.05. The maximum absolute atomic E-state index is 5.86. The molecular formula is C14H19N3O. The molecule has 4 nitrogen and oxygen atoms in total. The highest BCUT2D eigenvalue weighted by molar-refractivity contribution is 5.56. The number of nitrogens with zero attached hydrogens (tertiary/aromatic N) is 2. The van der Waals surface area contributed by atoms with E-state index in [4.69, 9.17) is 10.3 Å². The third-order valence-corrected chi connectivity index (χ3v) is 3.18. The van der Waals surface area contributed by atoms with Gasteiger partial charge < -0.3 is 10.3 Å². The molecule has 0 unspecified atom stereocenters. The van der Waals surface area contributed by atoms with E-state index in [0.717, 1.165) is 18.4 Å². The van der Waals surface area contributed by atoms with Gasteiger partial charge in [-0.2, -0.15) is 4.98 Å². The minimum absolute atomic E-state index is 0.178. The van der Waals surface area contributed by atoms with E-state index >= 15 is 0 Å². The van der Waals surface area contributed by atoms with Crippen molar-refractivity contribution in [2.45, 2.75) is 39.7 Å². The lowest BCUT2D eigenvalue weighted by Gasteiger charge is -2.03. The summed E-state index contributed by atoms with van der Waals surface area (Å²) < 4.78 is 5.18. The Morgan fingerprint density at radius 1 is 1.33 bits per heavy atom. The zero-order chi connectivity index (χ0) is 13.1. The summed E-state index contributed by atoms with van der Waals surface area (Å²) in [6.07, 6.45) is 1.82. The topological polar surface area (TPSA) is 64.9 Å². The van der Waals surface area contributed by atoms with Crippen molar-refractivity contribution in [1.29, 1.82) is 0 Å². The average molecular weight is 245 g/mol. The summed E-state index contributed by atoms with van der Waals surface area (Å²) in [5, 5.41) is 3.99. The summed E-state index contributed by atoms with van der Waals surface area (Å²) in [5.41, 5.74) is 9.43. The predicted octanol–water partition coefficient (Wildman–Crippen LogP) is 3.02. The molecule has 0 amide bonds. The molecule has 2 aromatic rings. The van der Waals surface area contributed by atoms with E-state index in [1.165, 1.54) is 11.1 Å². The number of aryl methyl sites for hydroxylation is 2. The highest BCUT2D eigenvalue weighted by Gasteiger charge is 2.14. The predicted molar refractivity (Wildman–Crippen MR) is 71.1 cm³/mol. The van der Waals surface area contributed by atoms with Crippen molar-refractivity contribution in [3.63, 3.8) is 0 Å². The zero-order valence-electron chi connectivity index (χ0n) is 11.1. The summed E-state index contributed by atoms with van der Waals surface area (Å²) >= 11 is 0. The molecule has 0 aliphatic rings. The maximum atomic E-state index is 5.86. The molecule has 0 saturated carbocycles. The molecule has 96 valence electrons. The van der Waals surface area contributed by atoms with Crippen LogP contribution < -0.4 is 5.73 Å². The molecule has 2 N–H and O–H groups in total. The van der Waals surface area contributed by atoms with E-state index in [0.29, 0.717) is 11.7 Å². The largest absolute Gasteiger partial charge is 0.337 e. The van der Waals surface area contributed by atoms with Crippen LogP contribution in [0.25, 0.3) is 11.4 Å². The Hall–Kier alpha value is -1.68. The molecule has 0 saturated heterocycles. The smallest absolute Gasteiger partial charge is 0.243 e. The van der Waals surface area contributed by atoms with Crippen LogP contribution in [0.4, 0.5) is 0 Å². The molecule has 1 atom stereocenters. The van der Waals surface area contributed by atoms with Gasteiger partial charge in [0.25, 0.3) is 0 Å². The summed E-state index contributed by atoms with van der Waals surface area (Å²) in [6.45, 7) is 6.24. The molecule has 0 aliphatic carbocycles. The Kier molecular flexibility index (Phi) is 3.77. The summed E-state index contributed by atoms with van der Waals surface area (Å²) in [4.78, 5) is 4.35. The quantitative estimate of drug-likeness (QED) is 0.899. The molecule has 0 spiro atoms. The monoisotopic (exact) mass is 245 g/mol. The van der Waals surface area contributed by atoms with Gasteiger partial charge in [-0.3, -0.25) is 0 Å². The lowest BCUT2D eigenvalue weighted by atomic mass is 10.0. The zero-order valence-corrected chi connectivity index (χ0v) is 11.1. The molecule has 0 aliphatic heterocycles. The number of hydrogen-bond donors (Lipinski definition) is 1. The Balaban J connectivity index is 2.31. The molecule has 2 rings (SSSR count). The van der Waals surface area contributed by atoms with Crippen LogP contribution in [0, 0.1) is 6.92 Å². The first-order valence-corrected chi connectivity index (χ1v) is 6.34. The first kappa shape index (κ1) is 12.8. The number of aromatic nitrogens is 2. The van der Waals surface area contributed by atoms with Crippen molar-refractivity contribution >= 4 is 0 Å². The molecule has 1 aromatic heterocycles. The fourth-order valence-electron chi connectivity index (χ4n) is 1.91. The van der Waals surface area contributed by atoms with Crippen molar-refractivity contribution in [1.82, 2.24) is 10.1 Å². The standard InChI is InChI=1S/C14H19N3O/c1-4-10-6-7-11(8-9(10)3)13-16-14(18-17-13)12(15)5-2/h6-8,12H,4-5,15H2,1-3H3/t12-/m0/s1. The van der Waals surface area contributed by atoms with Crippen molar-refractivity contribution in [2.24, 2.45) is 5.73 Å². The molecule has 0 fully saturated rings. The van der Waals surface area contributed by atoms with Crippen LogP contribution in [-0.4, -0.2) is 10.1 Å². The molecule has 18 heavy (non-hydrogen) atoms. The second-order valence-corrected chi connectivity index (χ2v) is 4.47. The highest BCUT2D eigenvalue weighted by atomic mass is 16.5. The van der Waals surface area contributed by atoms with Gasteiger partial charge in [-0.1, -0.05) is 31.1 Å². The van der Waals surface area contributed by atoms with Gasteiger partial charge >= 0.3 is 0 Å². The van der Waals surface area contributed by atoms with Crippen molar-refractivity contribution in [3.05, 3.63) is 35.2 Å². The number of hydrogen-bond acceptors (Lipinski definition) is 4. The van der Waals surface area contributed by atoms with Crippen molar-refractivity contribution in [3.8, 4) is 11.4 Å². The summed E-state index contributed by atoms with van der Waals surface area (Å²) in [7, 11) is 0. The van der Waals surface area contributed by atoms with Crippen LogP contribution in [0.5, 0.6) is 0 Å². The van der Waals surface area contributed by atoms with Gasteiger partial charge in [-0.05, 0) is 37.0 Å². The maximum Gasteiger partial charge on any atom is 0.243 e. The van der Waals surface area contributed by atoms with E-state index in [-0.39, 0.29) is 6.04 Å². The van der Waals surface area contributed by atoms with E-state index < -0.39 is 0 Å². The molecule has 1 aromatic carbocycles. The second-order valence-electron chi connectivity index (χ2n) is 4.47. The van der Waals surface area contributed by atoms with E-state index in [9.17, 15) is 0 Å². The molecule has 1 heterocycles. The van der Waals surface area contributed by atoms with Gasteiger partial charge in [-0.15, -0.1) is 0 Å². The number of nitrogens with two attached hydrogens (primary N) is 1. The van der Waals surface area contributed by atoms with Crippen molar-refractivity contribution < 1.29 is 4.52 Å². The fraction of sp³-hybridized carbons (Fsp3) is 0.429. The van der Waals surface area contributed by atoms with Crippen molar-refractivity contribution in [2.75, 3.05) is 0 Å². The van der Waals surface area contributed by atoms with Crippen LogP contribution in [-0.2, 0) is 6.42 Å². The van der Waals surface area contributed by atoms with E-state index in [1.54, 1.807) is 0 Å². The normalized spacial score (nSPS) is 12.7. The van der Waals surface area contributed by atoms with Crippen LogP contribution in [0.15, 0.2) is 22.7 Å². The van der Waals surface area contributed by atoms with Gasteiger partial charge in [0.15, 0.2) is 0 Å². The Labute approximate surface area is 107 Å². The first-order chi connectivity index (χ1) is 8.65. The molecule has 0 radical (unpaired) electrons. The lowest BCUT2D eigenvalue weighted by molar-refractivity contribution is 0.352.